The van der Waals surface area contributed by atoms with Crippen molar-refractivity contribution >= 4 is 38.7 Å². The predicted octanol–water partition coefficient (Wildman–Crippen LogP) is 5.94. The number of hydrogen-bond acceptors (Lipinski definition) is 5. The Hall–Kier alpha value is -2.67. The molecule has 4 rings (SSSR count). The SMILES string of the molecule is CC(C)Oc1cc(N(C)C)ccc1C=Nn1c(C2CCCCC2)nc2ccc(Br)cc2c1=O. The Bertz CT molecular complexity index is 1230. The van der Waals surface area contributed by atoms with Gasteiger partial charge in [0.15, 0.2) is 0 Å². The second-order valence-electron chi connectivity index (χ2n) is 9.11. The molecule has 0 bridgehead atoms. The summed E-state index contributed by atoms with van der Waals surface area (Å²) < 4.78 is 8.41. The highest BCUT2D eigenvalue weighted by molar-refractivity contribution is 9.10. The molecular weight excluding hydrogens is 480 g/mol. The van der Waals surface area contributed by atoms with E-state index in [4.69, 9.17) is 9.72 Å². The second-order valence-corrected chi connectivity index (χ2v) is 10.0. The molecule has 0 atom stereocenters. The maximum Gasteiger partial charge on any atom is 0.282 e. The molecule has 1 aliphatic rings. The largest absolute Gasteiger partial charge is 0.490 e. The van der Waals surface area contributed by atoms with Crippen molar-refractivity contribution in [3.8, 4) is 5.75 Å². The molecule has 33 heavy (non-hydrogen) atoms. The lowest BCUT2D eigenvalue weighted by Crippen LogP contribution is -2.25. The van der Waals surface area contributed by atoms with Gasteiger partial charge in [-0.3, -0.25) is 4.79 Å². The molecule has 174 valence electrons. The Morgan fingerprint density at radius 3 is 2.61 bits per heavy atom. The highest BCUT2D eigenvalue weighted by Gasteiger charge is 2.22. The normalized spacial score (nSPS) is 15.0. The van der Waals surface area contributed by atoms with E-state index in [9.17, 15) is 4.79 Å². The van der Waals surface area contributed by atoms with Crippen molar-refractivity contribution in [1.29, 1.82) is 0 Å². The van der Waals surface area contributed by atoms with E-state index in [0.717, 1.165) is 58.5 Å². The number of anilines is 1. The first-order valence-corrected chi connectivity index (χ1v) is 12.4. The molecule has 6 nitrogen and oxygen atoms in total. The number of ether oxygens (including phenoxy) is 1. The molecule has 2 aromatic carbocycles. The first-order valence-electron chi connectivity index (χ1n) is 11.6. The molecule has 0 aliphatic heterocycles. The van der Waals surface area contributed by atoms with E-state index >= 15 is 0 Å². The lowest BCUT2D eigenvalue weighted by atomic mass is 9.88. The summed E-state index contributed by atoms with van der Waals surface area (Å²) in [7, 11) is 3.99. The van der Waals surface area contributed by atoms with Crippen LogP contribution >= 0.6 is 15.9 Å². The zero-order valence-electron chi connectivity index (χ0n) is 19.7. The molecule has 1 aliphatic carbocycles. The molecule has 1 aromatic heterocycles. The topological polar surface area (TPSA) is 59.7 Å². The molecule has 1 saturated carbocycles. The summed E-state index contributed by atoms with van der Waals surface area (Å²) in [5.41, 5.74) is 2.44. The first kappa shape index (κ1) is 23.5. The Morgan fingerprint density at radius 1 is 1.15 bits per heavy atom. The average Bonchev–Trinajstić information content (AvgIpc) is 2.79. The maximum atomic E-state index is 13.5. The average molecular weight is 511 g/mol. The highest BCUT2D eigenvalue weighted by atomic mass is 79.9. The number of benzene rings is 2. The summed E-state index contributed by atoms with van der Waals surface area (Å²) in [6.07, 6.45) is 7.35. The van der Waals surface area contributed by atoms with Crippen LogP contribution in [-0.2, 0) is 0 Å². The number of halogens is 1. The third-order valence-corrected chi connectivity index (χ3v) is 6.49. The Labute approximate surface area is 203 Å². The second kappa shape index (κ2) is 10.1. The van der Waals surface area contributed by atoms with E-state index < -0.39 is 0 Å². The van der Waals surface area contributed by atoms with Gasteiger partial charge in [-0.25, -0.2) is 4.98 Å². The van der Waals surface area contributed by atoms with Crippen molar-refractivity contribution in [2.75, 3.05) is 19.0 Å². The zero-order valence-corrected chi connectivity index (χ0v) is 21.3. The summed E-state index contributed by atoms with van der Waals surface area (Å²) >= 11 is 3.48. The van der Waals surface area contributed by atoms with Crippen molar-refractivity contribution in [3.63, 3.8) is 0 Å². The van der Waals surface area contributed by atoms with Gasteiger partial charge in [-0.2, -0.15) is 9.78 Å². The van der Waals surface area contributed by atoms with Gasteiger partial charge in [-0.1, -0.05) is 35.2 Å². The molecule has 0 unspecified atom stereocenters. The maximum absolute atomic E-state index is 13.5. The van der Waals surface area contributed by atoms with Crippen molar-refractivity contribution in [2.24, 2.45) is 5.10 Å². The molecule has 0 N–H and O–H groups in total. The van der Waals surface area contributed by atoms with Crippen LogP contribution in [0.15, 0.2) is 50.8 Å². The van der Waals surface area contributed by atoms with E-state index in [1.165, 1.54) is 11.1 Å². The van der Waals surface area contributed by atoms with Gasteiger partial charge in [0.25, 0.3) is 5.56 Å². The van der Waals surface area contributed by atoms with Crippen LogP contribution in [0, 0.1) is 0 Å². The van der Waals surface area contributed by atoms with Crippen molar-refractivity contribution < 1.29 is 4.74 Å². The van der Waals surface area contributed by atoms with Crippen LogP contribution in [0.4, 0.5) is 5.69 Å². The van der Waals surface area contributed by atoms with E-state index in [0.29, 0.717) is 5.39 Å². The van der Waals surface area contributed by atoms with Gasteiger partial charge in [-0.15, -0.1) is 0 Å². The van der Waals surface area contributed by atoms with E-state index in [1.54, 1.807) is 6.21 Å². The quantitative estimate of drug-likeness (QED) is 0.385. The minimum Gasteiger partial charge on any atom is -0.490 e. The van der Waals surface area contributed by atoms with E-state index in [-0.39, 0.29) is 17.6 Å². The monoisotopic (exact) mass is 510 g/mol. The third kappa shape index (κ3) is 5.29. The molecule has 0 saturated heterocycles. The molecule has 0 amide bonds. The minimum atomic E-state index is -0.144. The Morgan fingerprint density at radius 2 is 1.91 bits per heavy atom. The van der Waals surface area contributed by atoms with Gasteiger partial charge in [-0.05, 0) is 57.0 Å². The Balaban J connectivity index is 1.83. The molecular formula is C26H31BrN4O2. The van der Waals surface area contributed by atoms with Crippen molar-refractivity contribution in [2.45, 2.75) is 58.0 Å². The standard InChI is InChI=1S/C26H31BrN4O2/c1-17(2)33-24-15-21(30(3)4)12-10-19(24)16-28-31-25(18-8-6-5-7-9-18)29-23-13-11-20(27)14-22(23)26(31)32/h10-18H,5-9H2,1-4H3. The van der Waals surface area contributed by atoms with Crippen LogP contribution < -0.4 is 15.2 Å². The fourth-order valence-corrected chi connectivity index (χ4v) is 4.65. The molecule has 7 heteroatoms. The van der Waals surface area contributed by atoms with Crippen LogP contribution in [0.2, 0.25) is 0 Å². The number of fused-ring (bicyclic) bond motifs is 1. The lowest BCUT2D eigenvalue weighted by molar-refractivity contribution is 0.242. The number of aromatic nitrogens is 2. The van der Waals surface area contributed by atoms with Gasteiger partial charge in [0, 0.05) is 41.8 Å². The molecule has 1 heterocycles. The molecule has 3 aromatic rings. The summed E-state index contributed by atoms with van der Waals surface area (Å²) in [6, 6.07) is 11.6. The first-order chi connectivity index (χ1) is 15.8. The van der Waals surface area contributed by atoms with Crippen LogP contribution in [0.3, 0.4) is 0 Å². The van der Waals surface area contributed by atoms with Gasteiger partial charge in [0.2, 0.25) is 0 Å². The fourth-order valence-electron chi connectivity index (χ4n) is 4.29. The molecule has 0 spiro atoms. The van der Waals surface area contributed by atoms with Gasteiger partial charge in [0.05, 0.1) is 23.2 Å². The number of rotatable bonds is 6. The third-order valence-electron chi connectivity index (χ3n) is 5.99. The fraction of sp³-hybridized carbons (Fsp3) is 0.423. The smallest absolute Gasteiger partial charge is 0.282 e. The summed E-state index contributed by atoms with van der Waals surface area (Å²) in [5.74, 6) is 1.73. The van der Waals surface area contributed by atoms with Crippen LogP contribution in [0.5, 0.6) is 5.75 Å². The van der Waals surface area contributed by atoms with Gasteiger partial charge < -0.3 is 9.64 Å². The van der Waals surface area contributed by atoms with Crippen LogP contribution in [0.1, 0.15) is 63.3 Å². The van der Waals surface area contributed by atoms with Gasteiger partial charge >= 0.3 is 0 Å². The summed E-state index contributed by atoms with van der Waals surface area (Å²) in [5, 5.41) is 5.24. The predicted molar refractivity (Wildman–Crippen MR) is 139 cm³/mol. The van der Waals surface area contributed by atoms with Crippen LogP contribution in [-0.4, -0.2) is 36.1 Å². The minimum absolute atomic E-state index is 0.0229. The lowest BCUT2D eigenvalue weighted by Gasteiger charge is -2.23. The zero-order chi connectivity index (χ0) is 23.5. The Kier molecular flexibility index (Phi) is 7.17. The molecule has 0 radical (unpaired) electrons. The summed E-state index contributed by atoms with van der Waals surface area (Å²) in [6.45, 7) is 4.00. The molecule has 1 fully saturated rings. The van der Waals surface area contributed by atoms with Crippen molar-refractivity contribution in [3.05, 3.63) is 62.6 Å². The number of nitrogens with zero attached hydrogens (tertiary/aromatic N) is 4. The van der Waals surface area contributed by atoms with Crippen LogP contribution in [0.25, 0.3) is 10.9 Å². The summed E-state index contributed by atoms with van der Waals surface area (Å²) in [4.78, 5) is 20.5. The number of hydrogen-bond donors (Lipinski definition) is 0. The van der Waals surface area contributed by atoms with Crippen molar-refractivity contribution in [1.82, 2.24) is 9.66 Å². The van der Waals surface area contributed by atoms with E-state index in [2.05, 4.69) is 21.0 Å². The van der Waals surface area contributed by atoms with Gasteiger partial charge in [0.1, 0.15) is 11.6 Å². The highest BCUT2D eigenvalue weighted by Crippen LogP contribution is 2.32. The van der Waals surface area contributed by atoms with E-state index in [1.807, 2.05) is 69.2 Å².